The van der Waals surface area contributed by atoms with Crippen LogP contribution in [0.2, 0.25) is 0 Å². The Morgan fingerprint density at radius 1 is 1.43 bits per heavy atom. The summed E-state index contributed by atoms with van der Waals surface area (Å²) in [4.78, 5) is 0. The van der Waals surface area contributed by atoms with E-state index in [0.717, 1.165) is 20.0 Å². The molecule has 0 aromatic carbocycles. The van der Waals surface area contributed by atoms with Gasteiger partial charge in [-0.3, -0.25) is 0 Å². The van der Waals surface area contributed by atoms with Crippen molar-refractivity contribution in [2.45, 2.75) is 25.4 Å². The lowest BCUT2D eigenvalue weighted by molar-refractivity contribution is 0.339. The van der Waals surface area contributed by atoms with Gasteiger partial charge in [0.15, 0.2) is 0 Å². The summed E-state index contributed by atoms with van der Waals surface area (Å²) in [6.45, 7) is 1.63. The summed E-state index contributed by atoms with van der Waals surface area (Å²) in [6.07, 6.45) is 1.57. The first-order valence-electron chi connectivity index (χ1n) is 2.34. The Morgan fingerprint density at radius 3 is 1.57 bits per heavy atom. The van der Waals surface area contributed by atoms with Crippen LogP contribution in [0.15, 0.2) is 0 Å². The lowest BCUT2D eigenvalue weighted by atomic mass is 10.5. The zero-order valence-electron chi connectivity index (χ0n) is 4.74. The number of aliphatic hydroxyl groups is 1. The average molecular weight is 106 g/mol. The van der Waals surface area contributed by atoms with Gasteiger partial charge in [0, 0.05) is 7.11 Å². The summed E-state index contributed by atoms with van der Waals surface area (Å²) < 4.78 is 11.8. The molecule has 1 fully saturated rings. The minimum Gasteiger partial charge on any atom is -0.400 e. The molecule has 44 valence electrons. The lowest BCUT2D eigenvalue weighted by Gasteiger charge is -1.81. The Morgan fingerprint density at radius 2 is 1.57 bits per heavy atom. The topological polar surface area (TPSA) is 20.2 Å². The summed E-state index contributed by atoms with van der Waals surface area (Å²) in [5.74, 6) is 0. The predicted octanol–water partition coefficient (Wildman–Crippen LogP) is 1.12. The summed E-state index contributed by atoms with van der Waals surface area (Å²) in [5, 5.41) is 7.00. The van der Waals surface area contributed by atoms with E-state index in [2.05, 4.69) is 0 Å². The highest BCUT2D eigenvalue weighted by atomic mass is 19.1. The molecule has 1 nitrogen and oxygen atoms in total. The normalized spacial score (nSPS) is 22.3. The molecular formula is C5H11FO. The van der Waals surface area contributed by atoms with Gasteiger partial charge in [0.1, 0.15) is 5.67 Å². The molecule has 7 heavy (non-hydrogen) atoms. The molecule has 1 N–H and O–H groups in total. The highest BCUT2D eigenvalue weighted by Gasteiger charge is 2.36. The molecule has 0 bridgehead atoms. The quantitative estimate of drug-likeness (QED) is 0.490. The number of hydrogen-bond donors (Lipinski definition) is 1. The van der Waals surface area contributed by atoms with Gasteiger partial charge in [-0.25, -0.2) is 4.39 Å². The van der Waals surface area contributed by atoms with Crippen LogP contribution in [0.4, 0.5) is 4.39 Å². The monoisotopic (exact) mass is 106 g/mol. The molecule has 1 saturated carbocycles. The van der Waals surface area contributed by atoms with E-state index in [1.54, 1.807) is 6.92 Å². The molecule has 0 aliphatic heterocycles. The van der Waals surface area contributed by atoms with Crippen molar-refractivity contribution in [2.24, 2.45) is 0 Å². The van der Waals surface area contributed by atoms with E-state index in [1.165, 1.54) is 0 Å². The molecule has 0 unspecified atom stereocenters. The number of alkyl halides is 1. The van der Waals surface area contributed by atoms with Crippen LogP contribution in [0.5, 0.6) is 0 Å². The van der Waals surface area contributed by atoms with Crippen molar-refractivity contribution in [3.63, 3.8) is 0 Å². The molecule has 1 aliphatic rings. The van der Waals surface area contributed by atoms with Crippen LogP contribution in [0, 0.1) is 0 Å². The van der Waals surface area contributed by atoms with Gasteiger partial charge in [0.25, 0.3) is 0 Å². The Bertz CT molecular complexity index is 46.0. The predicted molar refractivity (Wildman–Crippen MR) is 26.9 cm³/mol. The Hall–Kier alpha value is -0.110. The summed E-state index contributed by atoms with van der Waals surface area (Å²) >= 11 is 0. The SMILES string of the molecule is CC1(F)CC1.CO. The van der Waals surface area contributed by atoms with Gasteiger partial charge >= 0.3 is 0 Å². The number of halogens is 1. The van der Waals surface area contributed by atoms with Crippen molar-refractivity contribution in [3.8, 4) is 0 Å². The number of hydrogen-bond acceptors (Lipinski definition) is 1. The van der Waals surface area contributed by atoms with Gasteiger partial charge < -0.3 is 5.11 Å². The van der Waals surface area contributed by atoms with E-state index in [1.807, 2.05) is 0 Å². The fraction of sp³-hybridized carbons (Fsp3) is 1.00. The van der Waals surface area contributed by atoms with E-state index in [-0.39, 0.29) is 0 Å². The Balaban J connectivity index is 0.000000162. The molecule has 0 saturated heterocycles. The maximum absolute atomic E-state index is 11.8. The van der Waals surface area contributed by atoms with Crippen LogP contribution in [0.1, 0.15) is 19.8 Å². The van der Waals surface area contributed by atoms with E-state index in [0.29, 0.717) is 0 Å². The van der Waals surface area contributed by atoms with E-state index in [9.17, 15) is 4.39 Å². The number of aliphatic hydroxyl groups excluding tert-OH is 1. The first-order valence-corrected chi connectivity index (χ1v) is 2.34. The van der Waals surface area contributed by atoms with Gasteiger partial charge in [-0.05, 0) is 19.8 Å². The highest BCUT2D eigenvalue weighted by Crippen LogP contribution is 2.38. The maximum atomic E-state index is 11.8. The van der Waals surface area contributed by atoms with Crippen molar-refractivity contribution in [2.75, 3.05) is 7.11 Å². The van der Waals surface area contributed by atoms with E-state index < -0.39 is 5.67 Å². The van der Waals surface area contributed by atoms with Crippen molar-refractivity contribution in [1.29, 1.82) is 0 Å². The fourth-order valence-corrected chi connectivity index (χ4v) is 0.172. The minimum atomic E-state index is -0.750. The molecule has 0 spiro atoms. The van der Waals surface area contributed by atoms with Crippen LogP contribution in [0.3, 0.4) is 0 Å². The molecule has 0 amide bonds. The maximum Gasteiger partial charge on any atom is 0.108 e. The van der Waals surface area contributed by atoms with Crippen molar-refractivity contribution in [3.05, 3.63) is 0 Å². The van der Waals surface area contributed by atoms with Crippen LogP contribution in [0.25, 0.3) is 0 Å². The van der Waals surface area contributed by atoms with Crippen LogP contribution < -0.4 is 0 Å². The fourth-order valence-electron chi connectivity index (χ4n) is 0.172. The average Bonchev–Trinajstić information content (AvgIpc) is 2.26. The van der Waals surface area contributed by atoms with Crippen molar-refractivity contribution >= 4 is 0 Å². The van der Waals surface area contributed by atoms with Gasteiger partial charge in [0.2, 0.25) is 0 Å². The first kappa shape index (κ1) is 6.89. The summed E-state index contributed by atoms with van der Waals surface area (Å²) in [7, 11) is 1.00. The third kappa shape index (κ3) is 3.73. The number of rotatable bonds is 0. The summed E-state index contributed by atoms with van der Waals surface area (Å²) in [6, 6.07) is 0. The Labute approximate surface area is 43.2 Å². The van der Waals surface area contributed by atoms with E-state index >= 15 is 0 Å². The molecule has 0 atom stereocenters. The second-order valence-corrected chi connectivity index (χ2v) is 1.91. The Kier molecular flexibility index (Phi) is 2.23. The van der Waals surface area contributed by atoms with Gasteiger partial charge in [-0.2, -0.15) is 0 Å². The second kappa shape index (κ2) is 2.26. The molecule has 0 heterocycles. The minimum absolute atomic E-state index is 0.750. The smallest absolute Gasteiger partial charge is 0.108 e. The van der Waals surface area contributed by atoms with Crippen LogP contribution in [-0.2, 0) is 0 Å². The molecule has 2 heteroatoms. The van der Waals surface area contributed by atoms with Gasteiger partial charge in [-0.15, -0.1) is 0 Å². The van der Waals surface area contributed by atoms with E-state index in [4.69, 9.17) is 5.11 Å². The lowest BCUT2D eigenvalue weighted by Crippen LogP contribution is -1.83. The first-order chi connectivity index (χ1) is 3.21. The van der Waals surface area contributed by atoms with Gasteiger partial charge in [0.05, 0.1) is 0 Å². The molecular weight excluding hydrogens is 95.1 g/mol. The highest BCUT2D eigenvalue weighted by molar-refractivity contribution is 4.88. The third-order valence-corrected chi connectivity index (χ3v) is 0.939. The molecule has 0 aromatic rings. The molecule has 1 rings (SSSR count). The van der Waals surface area contributed by atoms with Crippen LogP contribution in [-0.4, -0.2) is 17.9 Å². The largest absolute Gasteiger partial charge is 0.400 e. The molecule has 0 aromatic heterocycles. The van der Waals surface area contributed by atoms with Crippen LogP contribution >= 0.6 is 0 Å². The summed E-state index contributed by atoms with van der Waals surface area (Å²) in [5.41, 5.74) is -0.750. The second-order valence-electron chi connectivity index (χ2n) is 1.91. The zero-order chi connectivity index (χ0) is 5.91. The van der Waals surface area contributed by atoms with Gasteiger partial charge in [-0.1, -0.05) is 0 Å². The third-order valence-electron chi connectivity index (χ3n) is 0.939. The van der Waals surface area contributed by atoms with Crippen molar-refractivity contribution in [1.82, 2.24) is 0 Å². The van der Waals surface area contributed by atoms with Crippen molar-refractivity contribution < 1.29 is 9.50 Å². The molecule has 0 radical (unpaired) electrons. The standard InChI is InChI=1S/C4H7F.CH4O/c1-4(5)2-3-4;1-2/h2-3H2,1H3;2H,1H3. The molecule has 1 aliphatic carbocycles. The zero-order valence-corrected chi connectivity index (χ0v) is 4.74.